The van der Waals surface area contributed by atoms with E-state index in [9.17, 15) is 0 Å². The Morgan fingerprint density at radius 3 is 1.48 bits per heavy atom. The fraction of sp³-hybridized carbons (Fsp3) is 0.0625. The molecule has 2 heteroatoms. The molecular formula is C64H43NS. The largest absolute Gasteiger partial charge is 0.309 e. The van der Waals surface area contributed by atoms with Crippen molar-refractivity contribution in [2.24, 2.45) is 0 Å². The zero-order valence-corrected chi connectivity index (χ0v) is 37.5. The Labute approximate surface area is 389 Å². The monoisotopic (exact) mass is 857 g/mol. The maximum absolute atomic E-state index is 2.62. The molecule has 1 nitrogen and oxygen atoms in total. The summed E-state index contributed by atoms with van der Waals surface area (Å²) in [5.74, 6) is 0. The maximum Gasteiger partial charge on any atom is 0.0726 e. The normalized spacial score (nSPS) is 14.2. The summed E-state index contributed by atoms with van der Waals surface area (Å²) in [7, 11) is 0. The summed E-state index contributed by atoms with van der Waals surface area (Å²) in [5, 5.41) is 2.56. The standard InChI is InChI=1S/C64H43NS/c1-63(2)52-25-13-9-21-46(52)49-36-34-45(38-56(49)63)65(44-32-29-42(30-33-44)40-17-5-3-6-18-40)62-60-50-24-12-16-28-55(50)64(53-26-14-10-22-47(53)48-23-11-15-27-54(48)64)57(60)39-59-61(62)51-35-31-43(37-58(51)66-59)41-19-7-4-8-20-41/h3-39H,1-2H3. The van der Waals surface area contributed by atoms with E-state index in [-0.39, 0.29) is 5.41 Å². The molecule has 0 aliphatic heterocycles. The molecular weight excluding hydrogens is 815 g/mol. The van der Waals surface area contributed by atoms with Gasteiger partial charge in [0, 0.05) is 42.5 Å². The summed E-state index contributed by atoms with van der Waals surface area (Å²) in [4.78, 5) is 2.62. The first-order valence-corrected chi connectivity index (χ1v) is 23.9. The summed E-state index contributed by atoms with van der Waals surface area (Å²) in [5.41, 5.74) is 23.7. The van der Waals surface area contributed by atoms with Crippen LogP contribution in [-0.2, 0) is 10.8 Å². The molecule has 0 saturated carbocycles. The number of anilines is 3. The third-order valence-corrected chi connectivity index (χ3v) is 16.2. The van der Waals surface area contributed by atoms with Gasteiger partial charge in [-0.1, -0.05) is 202 Å². The smallest absolute Gasteiger partial charge is 0.0726 e. The van der Waals surface area contributed by atoms with E-state index in [1.165, 1.54) is 115 Å². The maximum atomic E-state index is 2.62. The van der Waals surface area contributed by atoms with Gasteiger partial charge < -0.3 is 4.90 Å². The van der Waals surface area contributed by atoms with E-state index < -0.39 is 5.41 Å². The zero-order valence-electron chi connectivity index (χ0n) is 36.7. The van der Waals surface area contributed by atoms with Crippen LogP contribution < -0.4 is 4.90 Å². The van der Waals surface area contributed by atoms with Gasteiger partial charge in [0.15, 0.2) is 0 Å². The van der Waals surface area contributed by atoms with Crippen LogP contribution in [0, 0.1) is 0 Å². The number of fused-ring (bicyclic) bond motifs is 16. The van der Waals surface area contributed by atoms with E-state index >= 15 is 0 Å². The Bertz CT molecular complexity index is 3740. The average molecular weight is 858 g/mol. The van der Waals surface area contributed by atoms with Crippen molar-refractivity contribution in [1.29, 1.82) is 0 Å². The van der Waals surface area contributed by atoms with E-state index in [2.05, 4.69) is 243 Å². The fourth-order valence-corrected chi connectivity index (χ4v) is 13.4. The van der Waals surface area contributed by atoms with Gasteiger partial charge in [-0.05, 0) is 120 Å². The lowest BCUT2D eigenvalue weighted by molar-refractivity contribution is 0.660. The van der Waals surface area contributed by atoms with Crippen LogP contribution in [0.15, 0.2) is 224 Å². The Morgan fingerprint density at radius 1 is 0.348 bits per heavy atom. The molecule has 0 saturated heterocycles. The molecule has 10 aromatic carbocycles. The SMILES string of the molecule is CC1(C)c2ccccc2-c2ccc(N(c3ccc(-c4ccccc4)cc3)c3c4c(cc5sc6cc(-c7ccccc7)ccc6c35)C3(c5ccccc5-c5ccccc53)c3ccccc3-4)cc21. The third kappa shape index (κ3) is 5.05. The van der Waals surface area contributed by atoms with Gasteiger partial charge in [-0.3, -0.25) is 0 Å². The highest BCUT2D eigenvalue weighted by Crippen LogP contribution is 2.67. The third-order valence-electron chi connectivity index (χ3n) is 15.1. The predicted molar refractivity (Wildman–Crippen MR) is 279 cm³/mol. The van der Waals surface area contributed by atoms with Crippen LogP contribution >= 0.6 is 11.3 Å². The molecule has 0 unspecified atom stereocenters. The average Bonchev–Trinajstić information content (AvgIpc) is 4.06. The fourth-order valence-electron chi connectivity index (χ4n) is 12.2. The van der Waals surface area contributed by atoms with Crippen molar-refractivity contribution in [3.05, 3.63) is 258 Å². The highest BCUT2D eigenvalue weighted by molar-refractivity contribution is 7.26. The van der Waals surface area contributed by atoms with Gasteiger partial charge in [-0.15, -0.1) is 11.3 Å². The number of hydrogen-bond acceptors (Lipinski definition) is 2. The van der Waals surface area contributed by atoms with Gasteiger partial charge in [0.25, 0.3) is 0 Å². The molecule has 1 spiro atoms. The molecule has 310 valence electrons. The Hall–Kier alpha value is -7.78. The van der Waals surface area contributed by atoms with E-state index in [1.807, 2.05) is 11.3 Å². The van der Waals surface area contributed by atoms with Crippen LogP contribution in [0.3, 0.4) is 0 Å². The summed E-state index contributed by atoms with van der Waals surface area (Å²) in [6, 6.07) is 84.5. The van der Waals surface area contributed by atoms with Crippen LogP contribution in [0.2, 0.25) is 0 Å². The first kappa shape index (κ1) is 37.6. The highest BCUT2D eigenvalue weighted by atomic mass is 32.1. The molecule has 0 N–H and O–H groups in total. The molecule has 3 aliphatic carbocycles. The number of hydrogen-bond donors (Lipinski definition) is 0. The van der Waals surface area contributed by atoms with Crippen molar-refractivity contribution in [2.75, 3.05) is 4.90 Å². The Balaban J connectivity index is 1.13. The van der Waals surface area contributed by atoms with Crippen molar-refractivity contribution in [2.45, 2.75) is 24.7 Å². The first-order chi connectivity index (χ1) is 32.5. The van der Waals surface area contributed by atoms with Crippen molar-refractivity contribution >= 4 is 48.6 Å². The molecule has 11 aromatic rings. The molecule has 0 atom stereocenters. The van der Waals surface area contributed by atoms with Crippen LogP contribution in [-0.4, -0.2) is 0 Å². The molecule has 0 amide bonds. The minimum Gasteiger partial charge on any atom is -0.309 e. The zero-order chi connectivity index (χ0) is 43.7. The molecule has 0 radical (unpaired) electrons. The molecule has 0 fully saturated rings. The van der Waals surface area contributed by atoms with Crippen LogP contribution in [0.5, 0.6) is 0 Å². The van der Waals surface area contributed by atoms with Crippen LogP contribution in [0.1, 0.15) is 47.2 Å². The summed E-state index contributed by atoms with van der Waals surface area (Å²) >= 11 is 1.93. The highest BCUT2D eigenvalue weighted by Gasteiger charge is 2.53. The van der Waals surface area contributed by atoms with E-state index in [0.29, 0.717) is 0 Å². The molecule has 1 aromatic heterocycles. The Morgan fingerprint density at radius 2 is 0.833 bits per heavy atom. The minimum absolute atomic E-state index is 0.171. The number of thiophene rings is 1. The molecule has 14 rings (SSSR count). The van der Waals surface area contributed by atoms with Crippen LogP contribution in [0.4, 0.5) is 17.1 Å². The van der Waals surface area contributed by atoms with Crippen molar-refractivity contribution in [3.8, 4) is 55.6 Å². The second-order valence-corrected chi connectivity index (χ2v) is 19.8. The molecule has 0 bridgehead atoms. The Kier molecular flexibility index (Phi) is 7.89. The van der Waals surface area contributed by atoms with Crippen molar-refractivity contribution in [1.82, 2.24) is 0 Å². The molecule has 66 heavy (non-hydrogen) atoms. The van der Waals surface area contributed by atoms with Gasteiger partial charge in [0.1, 0.15) is 0 Å². The van der Waals surface area contributed by atoms with Gasteiger partial charge in [0.2, 0.25) is 0 Å². The predicted octanol–water partition coefficient (Wildman–Crippen LogP) is 17.5. The topological polar surface area (TPSA) is 3.24 Å². The summed E-state index contributed by atoms with van der Waals surface area (Å²) in [6.07, 6.45) is 0. The number of rotatable bonds is 5. The molecule has 1 heterocycles. The summed E-state index contributed by atoms with van der Waals surface area (Å²) in [6.45, 7) is 4.79. The lowest BCUT2D eigenvalue weighted by atomic mass is 9.70. The quantitative estimate of drug-likeness (QED) is 0.167. The van der Waals surface area contributed by atoms with Gasteiger partial charge in [0.05, 0.1) is 11.1 Å². The lowest BCUT2D eigenvalue weighted by Crippen LogP contribution is -2.26. The van der Waals surface area contributed by atoms with Crippen LogP contribution in [0.25, 0.3) is 75.8 Å². The first-order valence-electron chi connectivity index (χ1n) is 23.1. The second kappa shape index (κ2) is 13.9. The van der Waals surface area contributed by atoms with E-state index in [0.717, 1.165) is 11.4 Å². The van der Waals surface area contributed by atoms with E-state index in [4.69, 9.17) is 0 Å². The van der Waals surface area contributed by atoms with E-state index in [1.54, 1.807) is 0 Å². The van der Waals surface area contributed by atoms with Crippen molar-refractivity contribution in [3.63, 3.8) is 0 Å². The molecule has 3 aliphatic rings. The minimum atomic E-state index is -0.502. The number of benzene rings is 10. The van der Waals surface area contributed by atoms with Gasteiger partial charge in [-0.2, -0.15) is 0 Å². The lowest BCUT2D eigenvalue weighted by Gasteiger charge is -2.33. The summed E-state index contributed by atoms with van der Waals surface area (Å²) < 4.78 is 2.58. The number of nitrogens with zero attached hydrogens (tertiary/aromatic N) is 1. The second-order valence-electron chi connectivity index (χ2n) is 18.7. The van der Waals surface area contributed by atoms with Crippen molar-refractivity contribution < 1.29 is 0 Å². The van der Waals surface area contributed by atoms with Gasteiger partial charge >= 0.3 is 0 Å². The van der Waals surface area contributed by atoms with Gasteiger partial charge in [-0.25, -0.2) is 0 Å².